The van der Waals surface area contributed by atoms with Crippen LogP contribution < -0.4 is 16.2 Å². The lowest BCUT2D eigenvalue weighted by atomic mass is 9.89. The maximum Gasteiger partial charge on any atom is 0.309 e. The standard InChI is InChI=1S/C13H15FO2.C9H13N3O.H2N2/c1-16-13(15)12-4-2-3-11(12)9-5-7-10(14)8-6-9;1-13-9-3-2-8(12-6-11)4-7(9)5-10;1-2/h5-8,11-12H,2-4H2,1H3;2-4,6H,5,10H2,1H3,(H2,11,12);1-2H/t11?,12-;;/m1../s1. The van der Waals surface area contributed by atoms with Crippen LogP contribution in [0.4, 0.5) is 10.1 Å². The summed E-state index contributed by atoms with van der Waals surface area (Å²) in [4.78, 5) is 15.5. The van der Waals surface area contributed by atoms with Gasteiger partial charge < -0.3 is 20.9 Å². The minimum atomic E-state index is -0.239. The second kappa shape index (κ2) is 13.8. The smallest absolute Gasteiger partial charge is 0.309 e. The third kappa shape index (κ3) is 7.45. The third-order valence-corrected chi connectivity index (χ3v) is 5.03. The minimum Gasteiger partial charge on any atom is -0.496 e. The van der Waals surface area contributed by atoms with Crippen LogP contribution in [0.2, 0.25) is 0 Å². The molecule has 3 rings (SSSR count). The predicted molar refractivity (Wildman–Crippen MR) is 117 cm³/mol. The van der Waals surface area contributed by atoms with Gasteiger partial charge in [-0.05, 0) is 54.7 Å². The van der Waals surface area contributed by atoms with E-state index in [0.717, 1.165) is 41.8 Å². The number of hydrogen-bond donors (Lipinski definition) is 4. The molecule has 1 aliphatic carbocycles. The van der Waals surface area contributed by atoms with Gasteiger partial charge in [-0.15, -0.1) is 0 Å². The third-order valence-electron chi connectivity index (χ3n) is 5.03. The molecule has 0 bridgehead atoms. The van der Waals surface area contributed by atoms with Crippen LogP contribution in [-0.4, -0.2) is 26.5 Å². The average Bonchev–Trinajstić information content (AvgIpc) is 3.31. The first kappa shape index (κ1) is 25.7. The summed E-state index contributed by atoms with van der Waals surface area (Å²) in [5.41, 5.74) is 23.4. The first-order chi connectivity index (χ1) is 15.0. The van der Waals surface area contributed by atoms with Crippen molar-refractivity contribution in [1.29, 1.82) is 11.1 Å². The number of carbonyl (C=O) groups excluding carboxylic acids is 1. The molecule has 1 fully saturated rings. The molecule has 0 spiro atoms. The second-order valence-corrected chi connectivity index (χ2v) is 6.70. The van der Waals surface area contributed by atoms with Gasteiger partial charge >= 0.3 is 5.97 Å². The van der Waals surface area contributed by atoms with Crippen molar-refractivity contribution < 1.29 is 18.7 Å². The quantitative estimate of drug-likeness (QED) is 0.242. The molecule has 9 heteroatoms. The fourth-order valence-electron chi connectivity index (χ4n) is 3.59. The van der Waals surface area contributed by atoms with Gasteiger partial charge in [0.1, 0.15) is 11.6 Å². The Morgan fingerprint density at radius 2 is 1.87 bits per heavy atom. The first-order valence-corrected chi connectivity index (χ1v) is 9.73. The van der Waals surface area contributed by atoms with Crippen LogP contribution in [0.5, 0.6) is 5.75 Å². The van der Waals surface area contributed by atoms with Gasteiger partial charge in [0, 0.05) is 12.1 Å². The molecule has 2 atom stereocenters. The van der Waals surface area contributed by atoms with Crippen molar-refractivity contribution in [2.45, 2.75) is 31.7 Å². The molecule has 0 radical (unpaired) electrons. The number of nitrogens with one attached hydrogen (secondary N) is 2. The second-order valence-electron chi connectivity index (χ2n) is 6.70. The fraction of sp³-hybridized carbons (Fsp3) is 0.364. The number of ether oxygens (including phenoxy) is 2. The van der Waals surface area contributed by atoms with Crippen LogP contribution >= 0.6 is 0 Å². The number of aliphatic imine (C=N–C) groups is 1. The Labute approximate surface area is 181 Å². The number of nitrogens with zero attached hydrogens (tertiary/aromatic N) is 1. The average molecular weight is 432 g/mol. The van der Waals surface area contributed by atoms with Crippen LogP contribution in [0, 0.1) is 22.8 Å². The number of methoxy groups -OCH3 is 2. The number of rotatable bonds is 5. The van der Waals surface area contributed by atoms with Crippen LogP contribution in [0.15, 0.2) is 47.5 Å². The molecule has 2 aromatic carbocycles. The summed E-state index contributed by atoms with van der Waals surface area (Å²) in [5.74, 6) is 0.519. The van der Waals surface area contributed by atoms with Gasteiger partial charge in [-0.3, -0.25) is 4.79 Å². The molecular formula is C22H30FN5O3. The molecule has 1 aliphatic rings. The van der Waals surface area contributed by atoms with Crippen LogP contribution in [0.1, 0.15) is 36.3 Å². The molecule has 1 unspecified atom stereocenters. The van der Waals surface area contributed by atoms with E-state index < -0.39 is 0 Å². The van der Waals surface area contributed by atoms with E-state index in [9.17, 15) is 9.18 Å². The zero-order chi connectivity index (χ0) is 23.2. The number of nitrogens with two attached hydrogens (primary N) is 2. The molecule has 0 heterocycles. The lowest BCUT2D eigenvalue weighted by Gasteiger charge is -2.17. The van der Waals surface area contributed by atoms with E-state index in [-0.39, 0.29) is 23.6 Å². The van der Waals surface area contributed by atoms with Gasteiger partial charge in [-0.25, -0.2) is 20.4 Å². The summed E-state index contributed by atoms with van der Waals surface area (Å²) in [6, 6.07) is 11.9. The summed E-state index contributed by atoms with van der Waals surface area (Å²) in [6.45, 7) is 0.428. The lowest BCUT2D eigenvalue weighted by molar-refractivity contribution is -0.145. The van der Waals surface area contributed by atoms with E-state index in [1.165, 1.54) is 25.6 Å². The Morgan fingerprint density at radius 1 is 1.19 bits per heavy atom. The highest BCUT2D eigenvalue weighted by molar-refractivity contribution is 5.74. The minimum absolute atomic E-state index is 0.0598. The summed E-state index contributed by atoms with van der Waals surface area (Å²) in [7, 11) is 3.03. The maximum absolute atomic E-state index is 12.8. The van der Waals surface area contributed by atoms with Crippen molar-refractivity contribution in [2.24, 2.45) is 22.4 Å². The Morgan fingerprint density at radius 3 is 2.42 bits per heavy atom. The molecule has 0 aromatic heterocycles. The van der Waals surface area contributed by atoms with Gasteiger partial charge in [-0.2, -0.15) is 0 Å². The van der Waals surface area contributed by atoms with E-state index in [1.54, 1.807) is 19.2 Å². The van der Waals surface area contributed by atoms with Gasteiger partial charge in [-0.1, -0.05) is 18.6 Å². The van der Waals surface area contributed by atoms with E-state index in [4.69, 9.17) is 32.0 Å². The number of hydrogen-bond acceptors (Lipinski definition) is 7. The molecule has 31 heavy (non-hydrogen) atoms. The summed E-state index contributed by atoms with van der Waals surface area (Å²) in [6.07, 6.45) is 4.13. The van der Waals surface area contributed by atoms with E-state index in [1.807, 2.05) is 18.2 Å². The monoisotopic (exact) mass is 431 g/mol. The molecule has 2 aromatic rings. The normalized spacial score (nSPS) is 17.2. The van der Waals surface area contributed by atoms with Crippen molar-refractivity contribution >= 4 is 18.0 Å². The molecule has 0 saturated heterocycles. The molecular weight excluding hydrogens is 401 g/mol. The fourth-order valence-corrected chi connectivity index (χ4v) is 3.59. The Bertz CT molecular complexity index is 846. The van der Waals surface area contributed by atoms with Crippen molar-refractivity contribution in [3.8, 4) is 5.75 Å². The maximum atomic E-state index is 12.8. The van der Waals surface area contributed by atoms with E-state index in [2.05, 4.69) is 4.99 Å². The molecule has 0 amide bonds. The number of carbonyl (C=O) groups is 1. The number of benzene rings is 2. The van der Waals surface area contributed by atoms with Crippen molar-refractivity contribution in [1.82, 2.24) is 0 Å². The zero-order valence-corrected chi connectivity index (χ0v) is 17.8. The SMILES string of the molecule is COC(=O)[C@@H]1CCCC1c1ccc(F)cc1.COc1ccc(N=CN)cc1CN.N=N. The van der Waals surface area contributed by atoms with Gasteiger partial charge in [0.15, 0.2) is 0 Å². The van der Waals surface area contributed by atoms with Crippen LogP contribution in [0.3, 0.4) is 0 Å². The van der Waals surface area contributed by atoms with Gasteiger partial charge in [0.2, 0.25) is 0 Å². The molecule has 0 aliphatic heterocycles. The first-order valence-electron chi connectivity index (χ1n) is 9.73. The zero-order valence-electron chi connectivity index (χ0n) is 17.8. The van der Waals surface area contributed by atoms with E-state index in [0.29, 0.717) is 6.54 Å². The molecule has 168 valence electrons. The number of halogens is 1. The van der Waals surface area contributed by atoms with Gasteiger partial charge in [0.25, 0.3) is 0 Å². The Kier molecular flexibility index (Phi) is 11.5. The molecule has 6 N–H and O–H groups in total. The lowest BCUT2D eigenvalue weighted by Crippen LogP contribution is -2.18. The molecule has 8 nitrogen and oxygen atoms in total. The Hall–Kier alpha value is -3.33. The summed E-state index contributed by atoms with van der Waals surface area (Å²) in [5, 5.41) is 0. The highest BCUT2D eigenvalue weighted by Crippen LogP contribution is 2.40. The van der Waals surface area contributed by atoms with Crippen LogP contribution in [0.25, 0.3) is 0 Å². The predicted octanol–water partition coefficient (Wildman–Crippen LogP) is 4.25. The summed E-state index contributed by atoms with van der Waals surface area (Å²) >= 11 is 0. The highest BCUT2D eigenvalue weighted by atomic mass is 19.1. The van der Waals surface area contributed by atoms with Crippen molar-refractivity contribution in [3.05, 3.63) is 59.4 Å². The Balaban J connectivity index is 0.000000293. The van der Waals surface area contributed by atoms with Crippen molar-refractivity contribution in [3.63, 3.8) is 0 Å². The van der Waals surface area contributed by atoms with Crippen molar-refractivity contribution in [2.75, 3.05) is 14.2 Å². The van der Waals surface area contributed by atoms with Gasteiger partial charge in [0.05, 0.1) is 32.2 Å². The molecule has 1 saturated carbocycles. The number of esters is 1. The largest absolute Gasteiger partial charge is 0.496 e. The van der Waals surface area contributed by atoms with E-state index >= 15 is 0 Å². The highest BCUT2D eigenvalue weighted by Gasteiger charge is 2.34. The summed E-state index contributed by atoms with van der Waals surface area (Å²) < 4.78 is 22.7. The van der Waals surface area contributed by atoms with Crippen LogP contribution in [-0.2, 0) is 16.1 Å². The topological polar surface area (TPSA) is 148 Å².